The molecule has 0 aliphatic rings. The van der Waals surface area contributed by atoms with Crippen LogP contribution < -0.4 is 5.32 Å². The molecule has 1 aromatic heterocycles. The number of rotatable bonds is 8. The predicted molar refractivity (Wildman–Crippen MR) is 130 cm³/mol. The SMILES string of the molecule is C=CCn1c(SC(C)C(=O)Nc2c(C)cccc2C(C)C)nnc1-c1ccc(Cl)cc1. The Balaban J connectivity index is 1.82. The van der Waals surface area contributed by atoms with Crippen LogP contribution in [0, 0.1) is 6.92 Å². The van der Waals surface area contributed by atoms with Gasteiger partial charge in [0, 0.05) is 22.8 Å². The molecule has 0 fully saturated rings. The zero-order chi connectivity index (χ0) is 22.5. The van der Waals surface area contributed by atoms with E-state index in [2.05, 4.69) is 42.0 Å². The number of amides is 1. The maximum absolute atomic E-state index is 13.0. The Morgan fingerprint density at radius 1 is 1.19 bits per heavy atom. The minimum atomic E-state index is -0.356. The molecule has 1 unspecified atom stereocenters. The molecule has 7 heteroatoms. The normalized spacial score (nSPS) is 12.1. The van der Waals surface area contributed by atoms with Gasteiger partial charge < -0.3 is 5.32 Å². The molecule has 1 heterocycles. The molecule has 5 nitrogen and oxygen atoms in total. The fourth-order valence-electron chi connectivity index (χ4n) is 3.26. The Morgan fingerprint density at radius 3 is 2.55 bits per heavy atom. The minimum Gasteiger partial charge on any atom is -0.325 e. The van der Waals surface area contributed by atoms with Crippen LogP contribution in [0.5, 0.6) is 0 Å². The Bertz CT molecular complexity index is 1080. The summed E-state index contributed by atoms with van der Waals surface area (Å²) in [4.78, 5) is 13.0. The van der Waals surface area contributed by atoms with Gasteiger partial charge in [-0.15, -0.1) is 16.8 Å². The molecule has 1 atom stereocenters. The number of allylic oxidation sites excluding steroid dienone is 1. The number of halogens is 1. The molecule has 3 rings (SSSR count). The number of para-hydroxylation sites is 1. The number of benzene rings is 2. The van der Waals surface area contributed by atoms with Crippen LogP contribution in [-0.4, -0.2) is 25.9 Å². The first-order valence-corrected chi connectivity index (χ1v) is 11.4. The molecular weight excluding hydrogens is 428 g/mol. The molecule has 0 bridgehead atoms. The van der Waals surface area contributed by atoms with E-state index in [9.17, 15) is 4.79 Å². The van der Waals surface area contributed by atoms with Gasteiger partial charge in [-0.25, -0.2) is 0 Å². The summed E-state index contributed by atoms with van der Waals surface area (Å²) in [5.41, 5.74) is 3.98. The number of thioether (sulfide) groups is 1. The lowest BCUT2D eigenvalue weighted by Crippen LogP contribution is -2.24. The molecule has 0 aliphatic heterocycles. The molecule has 0 radical (unpaired) electrons. The fourth-order valence-corrected chi connectivity index (χ4v) is 4.25. The van der Waals surface area contributed by atoms with Crippen LogP contribution in [0.25, 0.3) is 11.4 Å². The van der Waals surface area contributed by atoms with E-state index in [-0.39, 0.29) is 11.2 Å². The average Bonchev–Trinajstić information content (AvgIpc) is 3.12. The fraction of sp³-hybridized carbons (Fsp3) is 0.292. The zero-order valence-corrected chi connectivity index (χ0v) is 19.8. The highest BCUT2D eigenvalue weighted by Crippen LogP contribution is 2.31. The molecule has 1 amide bonds. The first-order valence-electron chi connectivity index (χ1n) is 10.2. The van der Waals surface area contributed by atoms with Gasteiger partial charge in [-0.3, -0.25) is 9.36 Å². The largest absolute Gasteiger partial charge is 0.325 e. The lowest BCUT2D eigenvalue weighted by molar-refractivity contribution is -0.115. The summed E-state index contributed by atoms with van der Waals surface area (Å²) in [6.45, 7) is 12.5. The van der Waals surface area contributed by atoms with Crippen molar-refractivity contribution in [2.24, 2.45) is 0 Å². The van der Waals surface area contributed by atoms with Crippen LogP contribution in [0.4, 0.5) is 5.69 Å². The smallest absolute Gasteiger partial charge is 0.237 e. The Labute approximate surface area is 192 Å². The topological polar surface area (TPSA) is 59.8 Å². The molecule has 162 valence electrons. The number of nitrogens with zero attached hydrogens (tertiary/aromatic N) is 3. The second kappa shape index (κ2) is 10.2. The number of hydrogen-bond donors (Lipinski definition) is 1. The highest BCUT2D eigenvalue weighted by atomic mass is 35.5. The second-order valence-corrected chi connectivity index (χ2v) is 9.40. The van der Waals surface area contributed by atoms with Gasteiger partial charge in [0.2, 0.25) is 5.91 Å². The van der Waals surface area contributed by atoms with Gasteiger partial charge in [0.15, 0.2) is 11.0 Å². The molecule has 0 saturated heterocycles. The van der Waals surface area contributed by atoms with Gasteiger partial charge in [0.1, 0.15) is 0 Å². The highest BCUT2D eigenvalue weighted by Gasteiger charge is 2.22. The van der Waals surface area contributed by atoms with E-state index in [1.165, 1.54) is 11.8 Å². The van der Waals surface area contributed by atoms with E-state index < -0.39 is 0 Å². The summed E-state index contributed by atoms with van der Waals surface area (Å²) in [6.07, 6.45) is 1.79. The molecule has 0 spiro atoms. The number of nitrogens with one attached hydrogen (secondary N) is 1. The predicted octanol–water partition coefficient (Wildman–Crippen LogP) is 6.34. The lowest BCUT2D eigenvalue weighted by atomic mass is 9.98. The van der Waals surface area contributed by atoms with Gasteiger partial charge in [-0.2, -0.15) is 0 Å². The third-order valence-corrected chi connectivity index (χ3v) is 6.29. The number of aryl methyl sites for hydroxylation is 1. The molecule has 31 heavy (non-hydrogen) atoms. The van der Waals surface area contributed by atoms with Crippen LogP contribution in [0.15, 0.2) is 60.3 Å². The number of aromatic nitrogens is 3. The third-order valence-electron chi connectivity index (χ3n) is 4.96. The van der Waals surface area contributed by atoms with E-state index in [4.69, 9.17) is 11.6 Å². The summed E-state index contributed by atoms with van der Waals surface area (Å²) in [5.74, 6) is 0.964. The van der Waals surface area contributed by atoms with Crippen LogP contribution in [0.1, 0.15) is 37.8 Å². The van der Waals surface area contributed by atoms with Crippen LogP contribution in [0.3, 0.4) is 0 Å². The molecule has 2 aromatic carbocycles. The van der Waals surface area contributed by atoms with Crippen molar-refractivity contribution in [3.8, 4) is 11.4 Å². The molecule has 0 saturated carbocycles. The number of carbonyl (C=O) groups is 1. The maximum atomic E-state index is 13.0. The Morgan fingerprint density at radius 2 is 1.90 bits per heavy atom. The highest BCUT2D eigenvalue weighted by molar-refractivity contribution is 8.00. The Hall–Kier alpha value is -2.57. The monoisotopic (exact) mass is 454 g/mol. The minimum absolute atomic E-state index is 0.0672. The van der Waals surface area contributed by atoms with Crippen molar-refractivity contribution in [1.29, 1.82) is 0 Å². The average molecular weight is 455 g/mol. The first-order chi connectivity index (χ1) is 14.8. The van der Waals surface area contributed by atoms with Crippen molar-refractivity contribution in [2.75, 3.05) is 5.32 Å². The van der Waals surface area contributed by atoms with Gasteiger partial charge >= 0.3 is 0 Å². The summed E-state index contributed by atoms with van der Waals surface area (Å²) >= 11 is 7.39. The zero-order valence-electron chi connectivity index (χ0n) is 18.2. The molecule has 3 aromatic rings. The van der Waals surface area contributed by atoms with Gasteiger partial charge in [-0.05, 0) is 55.2 Å². The van der Waals surface area contributed by atoms with E-state index in [1.807, 2.05) is 54.8 Å². The second-order valence-electron chi connectivity index (χ2n) is 7.66. The summed E-state index contributed by atoms with van der Waals surface area (Å²) in [7, 11) is 0. The number of carbonyl (C=O) groups excluding carboxylic acids is 1. The molecular formula is C24H27ClN4OS. The van der Waals surface area contributed by atoms with Crippen LogP contribution >= 0.6 is 23.4 Å². The maximum Gasteiger partial charge on any atom is 0.237 e. The summed E-state index contributed by atoms with van der Waals surface area (Å²) in [5, 5.41) is 12.8. The summed E-state index contributed by atoms with van der Waals surface area (Å²) < 4.78 is 1.96. The number of anilines is 1. The van der Waals surface area contributed by atoms with Crippen molar-refractivity contribution >= 4 is 35.0 Å². The first kappa shape index (κ1) is 23.1. The van der Waals surface area contributed by atoms with Crippen molar-refractivity contribution < 1.29 is 4.79 Å². The van der Waals surface area contributed by atoms with Gasteiger partial charge in [0.25, 0.3) is 0 Å². The van der Waals surface area contributed by atoms with Crippen molar-refractivity contribution in [1.82, 2.24) is 14.8 Å². The lowest BCUT2D eigenvalue weighted by Gasteiger charge is -2.18. The quantitative estimate of drug-likeness (QED) is 0.319. The van der Waals surface area contributed by atoms with Crippen molar-refractivity contribution in [3.05, 3.63) is 71.3 Å². The van der Waals surface area contributed by atoms with Gasteiger partial charge in [0.05, 0.1) is 5.25 Å². The van der Waals surface area contributed by atoms with Crippen LogP contribution in [-0.2, 0) is 11.3 Å². The van der Waals surface area contributed by atoms with E-state index >= 15 is 0 Å². The summed E-state index contributed by atoms with van der Waals surface area (Å²) in [6, 6.07) is 13.5. The molecule has 0 aliphatic carbocycles. The van der Waals surface area contributed by atoms with E-state index in [0.717, 1.165) is 22.4 Å². The van der Waals surface area contributed by atoms with Gasteiger partial charge in [-0.1, -0.05) is 61.5 Å². The van der Waals surface area contributed by atoms with Crippen molar-refractivity contribution in [2.45, 2.75) is 50.6 Å². The van der Waals surface area contributed by atoms with Crippen LogP contribution in [0.2, 0.25) is 5.02 Å². The third kappa shape index (κ3) is 5.38. The van der Waals surface area contributed by atoms with E-state index in [1.54, 1.807) is 6.08 Å². The number of hydrogen-bond acceptors (Lipinski definition) is 4. The standard InChI is InChI=1S/C24H27ClN4OS/c1-6-14-29-22(18-10-12-19(25)13-11-18)27-28-24(29)31-17(5)23(30)26-21-16(4)8-7-9-20(21)15(2)3/h6-13,15,17H,1,14H2,2-5H3,(H,26,30). The Kier molecular flexibility index (Phi) is 7.57. The van der Waals surface area contributed by atoms with E-state index in [0.29, 0.717) is 28.5 Å². The molecule has 1 N–H and O–H groups in total. The van der Waals surface area contributed by atoms with Crippen molar-refractivity contribution in [3.63, 3.8) is 0 Å².